The average Bonchev–Trinajstić information content (AvgIpc) is 3.36. The Morgan fingerprint density at radius 1 is 1.21 bits per heavy atom. The molecule has 3 rings (SSSR count). The van der Waals surface area contributed by atoms with E-state index in [0.29, 0.717) is 9.21 Å². The van der Waals surface area contributed by atoms with Crippen LogP contribution in [0, 0.1) is 5.92 Å². The van der Waals surface area contributed by atoms with Crippen LogP contribution >= 0.6 is 22.9 Å². The van der Waals surface area contributed by atoms with Crippen LogP contribution in [-0.4, -0.2) is 27.5 Å². The van der Waals surface area contributed by atoms with Crippen LogP contribution in [0.1, 0.15) is 29.1 Å². The minimum atomic E-state index is -0.737. The molecule has 0 bridgehead atoms. The van der Waals surface area contributed by atoms with Crippen LogP contribution in [0.25, 0.3) is 5.69 Å². The summed E-state index contributed by atoms with van der Waals surface area (Å²) in [6.45, 7) is 3.84. The van der Waals surface area contributed by atoms with Gasteiger partial charge in [-0.2, -0.15) is 0 Å². The third-order valence-electron chi connectivity index (χ3n) is 4.12. The van der Waals surface area contributed by atoms with Gasteiger partial charge in [0, 0.05) is 18.1 Å². The maximum Gasteiger partial charge on any atom is 0.329 e. The van der Waals surface area contributed by atoms with Crippen molar-refractivity contribution in [1.82, 2.24) is 14.9 Å². The Morgan fingerprint density at radius 3 is 2.54 bits per heavy atom. The van der Waals surface area contributed by atoms with E-state index in [1.807, 2.05) is 48.9 Å². The van der Waals surface area contributed by atoms with E-state index in [2.05, 4.69) is 10.3 Å². The Labute approximate surface area is 172 Å². The fraction of sp³-hybridized carbons (Fsp3) is 0.250. The van der Waals surface area contributed by atoms with Crippen LogP contribution < -0.4 is 5.32 Å². The number of amides is 1. The first kappa shape index (κ1) is 20.1. The van der Waals surface area contributed by atoms with E-state index in [4.69, 9.17) is 16.3 Å². The second-order valence-electron chi connectivity index (χ2n) is 6.54. The number of nitrogens with one attached hydrogen (secondary N) is 1. The predicted octanol–water partition coefficient (Wildman–Crippen LogP) is 4.09. The fourth-order valence-corrected chi connectivity index (χ4v) is 3.51. The Kier molecular flexibility index (Phi) is 6.49. The van der Waals surface area contributed by atoms with E-state index in [-0.39, 0.29) is 18.4 Å². The molecule has 0 radical (unpaired) electrons. The van der Waals surface area contributed by atoms with E-state index >= 15 is 0 Å². The summed E-state index contributed by atoms with van der Waals surface area (Å²) in [6, 6.07) is 10.2. The number of rotatable bonds is 7. The third-order valence-corrected chi connectivity index (χ3v) is 5.35. The molecular weight excluding hydrogens is 398 g/mol. The summed E-state index contributed by atoms with van der Waals surface area (Å²) in [5.74, 6) is -0.919. The number of benzene rings is 1. The Balaban J connectivity index is 1.59. The summed E-state index contributed by atoms with van der Waals surface area (Å²) in [5.41, 5.74) is 1.82. The highest BCUT2D eigenvalue weighted by Crippen LogP contribution is 2.21. The first-order valence-electron chi connectivity index (χ1n) is 8.74. The second-order valence-corrected chi connectivity index (χ2v) is 8.26. The molecule has 1 aromatic carbocycles. The zero-order valence-electron chi connectivity index (χ0n) is 15.5. The van der Waals surface area contributed by atoms with Crippen molar-refractivity contribution < 1.29 is 14.3 Å². The SMILES string of the molecule is CC(C)[C@@H](NC(=O)c1ccc(Cl)s1)C(=O)OCc1ccc(-n2ccnc2)cc1. The van der Waals surface area contributed by atoms with Crippen molar-refractivity contribution >= 4 is 34.8 Å². The zero-order valence-corrected chi connectivity index (χ0v) is 17.0. The summed E-state index contributed by atoms with van der Waals surface area (Å²) >= 11 is 7.04. The van der Waals surface area contributed by atoms with E-state index in [1.165, 1.54) is 11.3 Å². The van der Waals surface area contributed by atoms with E-state index < -0.39 is 12.0 Å². The molecule has 0 saturated carbocycles. The molecule has 0 aliphatic carbocycles. The summed E-state index contributed by atoms with van der Waals surface area (Å²) in [7, 11) is 0. The molecule has 2 aromatic heterocycles. The molecule has 146 valence electrons. The highest BCUT2D eigenvalue weighted by atomic mass is 35.5. The number of hydrogen-bond acceptors (Lipinski definition) is 5. The number of esters is 1. The molecule has 0 aliphatic heterocycles. The summed E-state index contributed by atoms with van der Waals surface area (Å²) in [5, 5.41) is 2.74. The molecule has 28 heavy (non-hydrogen) atoms. The van der Waals surface area contributed by atoms with E-state index in [0.717, 1.165) is 11.3 Å². The Morgan fingerprint density at radius 2 is 1.96 bits per heavy atom. The third kappa shape index (κ3) is 4.99. The summed E-state index contributed by atoms with van der Waals surface area (Å²) in [6.07, 6.45) is 5.28. The van der Waals surface area contributed by atoms with Gasteiger partial charge < -0.3 is 14.6 Å². The van der Waals surface area contributed by atoms with Gasteiger partial charge in [0.15, 0.2) is 0 Å². The van der Waals surface area contributed by atoms with Crippen molar-refractivity contribution in [2.75, 3.05) is 0 Å². The lowest BCUT2D eigenvalue weighted by Crippen LogP contribution is -2.45. The first-order chi connectivity index (χ1) is 13.4. The topological polar surface area (TPSA) is 73.2 Å². The van der Waals surface area contributed by atoms with Crippen LogP contribution in [0.4, 0.5) is 0 Å². The van der Waals surface area contributed by atoms with Gasteiger partial charge in [-0.3, -0.25) is 4.79 Å². The molecule has 0 spiro atoms. The number of hydrogen-bond donors (Lipinski definition) is 1. The van der Waals surface area contributed by atoms with Crippen molar-refractivity contribution in [3.8, 4) is 5.69 Å². The van der Waals surface area contributed by atoms with Crippen molar-refractivity contribution in [3.63, 3.8) is 0 Å². The van der Waals surface area contributed by atoms with Gasteiger partial charge in [0.05, 0.1) is 15.5 Å². The normalized spacial score (nSPS) is 12.0. The molecule has 1 atom stereocenters. The van der Waals surface area contributed by atoms with Crippen LogP contribution in [0.3, 0.4) is 0 Å². The minimum absolute atomic E-state index is 0.115. The van der Waals surface area contributed by atoms with Gasteiger partial charge in [-0.15, -0.1) is 11.3 Å². The molecule has 0 unspecified atom stereocenters. The van der Waals surface area contributed by atoms with Gasteiger partial charge in [-0.25, -0.2) is 9.78 Å². The Hall–Kier alpha value is -2.64. The molecule has 3 aromatic rings. The number of carbonyl (C=O) groups is 2. The summed E-state index contributed by atoms with van der Waals surface area (Å²) < 4.78 is 7.84. The maximum atomic E-state index is 12.5. The second kappa shape index (κ2) is 9.03. The zero-order chi connectivity index (χ0) is 20.1. The largest absolute Gasteiger partial charge is 0.459 e. The highest BCUT2D eigenvalue weighted by Gasteiger charge is 2.26. The molecule has 0 aliphatic rings. The number of halogens is 1. The maximum absolute atomic E-state index is 12.5. The number of ether oxygens (including phenoxy) is 1. The first-order valence-corrected chi connectivity index (χ1v) is 9.93. The lowest BCUT2D eigenvalue weighted by atomic mass is 10.0. The fourth-order valence-electron chi connectivity index (χ4n) is 2.57. The van der Waals surface area contributed by atoms with Crippen LogP contribution in [-0.2, 0) is 16.1 Å². The van der Waals surface area contributed by atoms with Crippen molar-refractivity contribution in [2.45, 2.75) is 26.5 Å². The molecule has 0 saturated heterocycles. The van der Waals surface area contributed by atoms with Crippen molar-refractivity contribution in [1.29, 1.82) is 0 Å². The smallest absolute Gasteiger partial charge is 0.329 e. The number of carbonyl (C=O) groups excluding carboxylic acids is 2. The monoisotopic (exact) mass is 417 g/mol. The van der Waals surface area contributed by atoms with Crippen LogP contribution in [0.2, 0.25) is 4.34 Å². The predicted molar refractivity (Wildman–Crippen MR) is 109 cm³/mol. The molecule has 1 amide bonds. The molecule has 0 fully saturated rings. The van der Waals surface area contributed by atoms with Gasteiger partial charge in [0.1, 0.15) is 12.6 Å². The minimum Gasteiger partial charge on any atom is -0.459 e. The van der Waals surface area contributed by atoms with Gasteiger partial charge in [0.2, 0.25) is 0 Å². The van der Waals surface area contributed by atoms with Crippen LogP contribution in [0.5, 0.6) is 0 Å². The number of thiophene rings is 1. The number of imidazole rings is 1. The number of nitrogens with zero attached hydrogens (tertiary/aromatic N) is 2. The van der Waals surface area contributed by atoms with Gasteiger partial charge in [0.25, 0.3) is 5.91 Å². The lowest BCUT2D eigenvalue weighted by molar-refractivity contribution is -0.148. The molecular formula is C20H20ClN3O3S. The summed E-state index contributed by atoms with van der Waals surface area (Å²) in [4.78, 5) is 29.3. The standard InChI is InChI=1S/C20H20ClN3O3S/c1-13(2)18(23-19(25)16-7-8-17(21)28-16)20(26)27-11-14-3-5-15(6-4-14)24-10-9-22-12-24/h3-10,12-13,18H,11H2,1-2H3,(H,23,25)/t18-/m1/s1. The van der Waals surface area contributed by atoms with Crippen LogP contribution in [0.15, 0.2) is 55.1 Å². The average molecular weight is 418 g/mol. The molecule has 1 N–H and O–H groups in total. The molecule has 2 heterocycles. The highest BCUT2D eigenvalue weighted by molar-refractivity contribution is 7.18. The van der Waals surface area contributed by atoms with E-state index in [1.54, 1.807) is 24.7 Å². The van der Waals surface area contributed by atoms with Gasteiger partial charge in [-0.1, -0.05) is 37.6 Å². The van der Waals surface area contributed by atoms with Gasteiger partial charge >= 0.3 is 5.97 Å². The van der Waals surface area contributed by atoms with Gasteiger partial charge in [-0.05, 0) is 35.7 Å². The van der Waals surface area contributed by atoms with Crippen molar-refractivity contribution in [3.05, 3.63) is 69.9 Å². The van der Waals surface area contributed by atoms with E-state index in [9.17, 15) is 9.59 Å². The number of aromatic nitrogens is 2. The quantitative estimate of drug-likeness (QED) is 0.588. The molecule has 6 nitrogen and oxygen atoms in total. The van der Waals surface area contributed by atoms with Crippen molar-refractivity contribution in [2.24, 2.45) is 5.92 Å². The molecule has 8 heteroatoms. The Bertz CT molecular complexity index is 936. The lowest BCUT2D eigenvalue weighted by Gasteiger charge is -2.20.